The van der Waals surface area contributed by atoms with Crippen molar-refractivity contribution in [2.24, 2.45) is 0 Å². The molecule has 1 aromatic carbocycles. The lowest BCUT2D eigenvalue weighted by molar-refractivity contribution is -0.387. The first-order chi connectivity index (χ1) is 8.16. The number of nitrogens with one attached hydrogen (secondary N) is 1. The standard InChI is InChI=1S/C11H9FN2O2S/c12-10-6-8(3-4-11(10)14(15)16)13-7-9-2-1-5-17-9/h1-6,13H,7H2. The lowest BCUT2D eigenvalue weighted by Gasteiger charge is -2.04. The average molecular weight is 252 g/mol. The van der Waals surface area contributed by atoms with Crippen molar-refractivity contribution in [3.05, 3.63) is 56.5 Å². The van der Waals surface area contributed by atoms with Crippen LogP contribution < -0.4 is 5.32 Å². The van der Waals surface area contributed by atoms with E-state index >= 15 is 0 Å². The van der Waals surface area contributed by atoms with Gasteiger partial charge in [0.05, 0.1) is 4.92 Å². The van der Waals surface area contributed by atoms with Gasteiger partial charge in [-0.2, -0.15) is 4.39 Å². The third-order valence-corrected chi connectivity index (χ3v) is 3.07. The van der Waals surface area contributed by atoms with Gasteiger partial charge >= 0.3 is 5.69 Å². The average Bonchev–Trinajstić information content (AvgIpc) is 2.78. The number of halogens is 1. The van der Waals surface area contributed by atoms with Gasteiger partial charge in [0.25, 0.3) is 0 Å². The Kier molecular flexibility index (Phi) is 3.34. The third kappa shape index (κ3) is 2.79. The lowest BCUT2D eigenvalue weighted by Crippen LogP contribution is -1.99. The number of rotatable bonds is 4. The van der Waals surface area contributed by atoms with E-state index in [2.05, 4.69) is 5.32 Å². The van der Waals surface area contributed by atoms with E-state index in [1.54, 1.807) is 11.3 Å². The smallest absolute Gasteiger partial charge is 0.304 e. The molecule has 6 heteroatoms. The summed E-state index contributed by atoms with van der Waals surface area (Å²) in [6.45, 7) is 0.578. The molecule has 17 heavy (non-hydrogen) atoms. The van der Waals surface area contributed by atoms with Crippen molar-refractivity contribution < 1.29 is 9.31 Å². The highest BCUT2D eigenvalue weighted by molar-refractivity contribution is 7.09. The Morgan fingerprint density at radius 2 is 2.24 bits per heavy atom. The number of nitro benzene ring substituents is 1. The van der Waals surface area contributed by atoms with E-state index in [-0.39, 0.29) is 0 Å². The zero-order valence-corrected chi connectivity index (χ0v) is 9.54. The van der Waals surface area contributed by atoms with Crippen LogP contribution in [0.1, 0.15) is 4.88 Å². The first kappa shape index (κ1) is 11.5. The molecule has 0 unspecified atom stereocenters. The maximum absolute atomic E-state index is 13.3. The molecular formula is C11H9FN2O2S. The zero-order valence-electron chi connectivity index (χ0n) is 8.72. The van der Waals surface area contributed by atoms with Gasteiger partial charge < -0.3 is 5.32 Å². The second kappa shape index (κ2) is 4.92. The van der Waals surface area contributed by atoms with Crippen molar-refractivity contribution in [2.45, 2.75) is 6.54 Å². The normalized spacial score (nSPS) is 10.2. The molecule has 4 nitrogen and oxygen atoms in total. The van der Waals surface area contributed by atoms with Gasteiger partial charge in [-0.05, 0) is 17.5 Å². The molecule has 0 fully saturated rings. The molecule has 0 saturated heterocycles. The number of hydrogen-bond acceptors (Lipinski definition) is 4. The zero-order chi connectivity index (χ0) is 12.3. The van der Waals surface area contributed by atoms with Crippen LogP contribution in [0.4, 0.5) is 15.8 Å². The summed E-state index contributed by atoms with van der Waals surface area (Å²) in [6, 6.07) is 7.67. The van der Waals surface area contributed by atoms with Crippen molar-refractivity contribution in [3.63, 3.8) is 0 Å². The minimum Gasteiger partial charge on any atom is -0.380 e. The molecule has 1 aromatic heterocycles. The van der Waals surface area contributed by atoms with Crippen LogP contribution in [0.3, 0.4) is 0 Å². The molecule has 0 saturated carbocycles. The first-order valence-electron chi connectivity index (χ1n) is 4.87. The van der Waals surface area contributed by atoms with Gasteiger partial charge in [0.15, 0.2) is 0 Å². The number of anilines is 1. The van der Waals surface area contributed by atoms with Crippen LogP contribution in [0, 0.1) is 15.9 Å². The summed E-state index contributed by atoms with van der Waals surface area (Å²) in [6.07, 6.45) is 0. The fraction of sp³-hybridized carbons (Fsp3) is 0.0909. The predicted octanol–water partition coefficient (Wildman–Crippen LogP) is 3.41. The summed E-state index contributed by atoms with van der Waals surface area (Å²) in [5.41, 5.74) is 0.0215. The molecule has 0 aliphatic rings. The first-order valence-corrected chi connectivity index (χ1v) is 5.75. The van der Waals surface area contributed by atoms with Crippen LogP contribution in [0.25, 0.3) is 0 Å². The van der Waals surface area contributed by atoms with Crippen LogP contribution in [0.2, 0.25) is 0 Å². The quantitative estimate of drug-likeness (QED) is 0.670. The maximum atomic E-state index is 13.3. The van der Waals surface area contributed by atoms with Crippen molar-refractivity contribution in [1.29, 1.82) is 0 Å². The Labute approximate surface area is 101 Å². The summed E-state index contributed by atoms with van der Waals surface area (Å²) in [5.74, 6) is -0.828. The fourth-order valence-electron chi connectivity index (χ4n) is 1.37. The predicted molar refractivity (Wildman–Crippen MR) is 64.7 cm³/mol. The molecule has 1 heterocycles. The van der Waals surface area contributed by atoms with E-state index in [0.29, 0.717) is 12.2 Å². The largest absolute Gasteiger partial charge is 0.380 e. The molecule has 0 amide bonds. The van der Waals surface area contributed by atoms with Crippen LogP contribution in [-0.4, -0.2) is 4.92 Å². The van der Waals surface area contributed by atoms with Gasteiger partial charge in [0, 0.05) is 29.2 Å². The molecule has 0 radical (unpaired) electrons. The van der Waals surface area contributed by atoms with Crippen LogP contribution >= 0.6 is 11.3 Å². The highest BCUT2D eigenvalue weighted by atomic mass is 32.1. The Morgan fingerprint density at radius 3 is 2.82 bits per heavy atom. The van der Waals surface area contributed by atoms with E-state index in [1.165, 1.54) is 6.07 Å². The molecule has 1 N–H and O–H groups in total. The van der Waals surface area contributed by atoms with Gasteiger partial charge in [-0.25, -0.2) is 0 Å². The highest BCUT2D eigenvalue weighted by Gasteiger charge is 2.13. The van der Waals surface area contributed by atoms with Crippen molar-refractivity contribution in [3.8, 4) is 0 Å². The van der Waals surface area contributed by atoms with Crippen molar-refractivity contribution in [1.82, 2.24) is 0 Å². The number of hydrogen-bond donors (Lipinski definition) is 1. The Morgan fingerprint density at radius 1 is 1.41 bits per heavy atom. The second-order valence-electron chi connectivity index (χ2n) is 3.36. The summed E-state index contributed by atoms with van der Waals surface area (Å²) in [7, 11) is 0. The Bertz CT molecular complexity index is 528. The van der Waals surface area contributed by atoms with Gasteiger partial charge in [-0.15, -0.1) is 11.3 Å². The SMILES string of the molecule is O=[N+]([O-])c1ccc(NCc2cccs2)cc1F. The van der Waals surface area contributed by atoms with Crippen molar-refractivity contribution in [2.75, 3.05) is 5.32 Å². The molecule has 0 atom stereocenters. The van der Waals surface area contributed by atoms with Gasteiger partial charge in [-0.1, -0.05) is 6.07 Å². The van der Waals surface area contributed by atoms with Gasteiger partial charge in [0.1, 0.15) is 0 Å². The molecule has 0 bridgehead atoms. The second-order valence-corrected chi connectivity index (χ2v) is 4.39. The molecule has 0 aliphatic heterocycles. The topological polar surface area (TPSA) is 55.2 Å². The molecule has 0 aliphatic carbocycles. The van der Waals surface area contributed by atoms with E-state index < -0.39 is 16.4 Å². The van der Waals surface area contributed by atoms with Crippen LogP contribution in [0.5, 0.6) is 0 Å². The molecule has 2 rings (SSSR count). The summed E-state index contributed by atoms with van der Waals surface area (Å²) < 4.78 is 13.3. The van der Waals surface area contributed by atoms with Crippen LogP contribution in [0.15, 0.2) is 35.7 Å². The summed E-state index contributed by atoms with van der Waals surface area (Å²) in [4.78, 5) is 10.8. The number of nitro groups is 1. The number of benzene rings is 1. The Hall–Kier alpha value is -1.95. The van der Waals surface area contributed by atoms with Crippen molar-refractivity contribution >= 4 is 22.7 Å². The molecular weight excluding hydrogens is 243 g/mol. The Balaban J connectivity index is 2.07. The third-order valence-electron chi connectivity index (χ3n) is 2.19. The van der Waals surface area contributed by atoms with Gasteiger partial charge in [0.2, 0.25) is 5.82 Å². The number of nitrogens with zero attached hydrogens (tertiary/aromatic N) is 1. The van der Waals surface area contributed by atoms with Gasteiger partial charge in [-0.3, -0.25) is 10.1 Å². The summed E-state index contributed by atoms with van der Waals surface area (Å²) >= 11 is 1.59. The summed E-state index contributed by atoms with van der Waals surface area (Å²) in [5, 5.41) is 15.4. The number of thiophene rings is 1. The lowest BCUT2D eigenvalue weighted by atomic mass is 10.2. The van der Waals surface area contributed by atoms with E-state index in [0.717, 1.165) is 17.0 Å². The minimum absolute atomic E-state index is 0.508. The molecule has 0 spiro atoms. The fourth-order valence-corrected chi connectivity index (χ4v) is 2.01. The maximum Gasteiger partial charge on any atom is 0.304 e. The van der Waals surface area contributed by atoms with Crippen LogP contribution in [-0.2, 0) is 6.54 Å². The molecule has 2 aromatic rings. The molecule has 88 valence electrons. The van der Waals surface area contributed by atoms with E-state index in [4.69, 9.17) is 0 Å². The monoisotopic (exact) mass is 252 g/mol. The highest BCUT2D eigenvalue weighted by Crippen LogP contribution is 2.21. The minimum atomic E-state index is -0.828. The van der Waals surface area contributed by atoms with E-state index in [1.807, 2.05) is 17.5 Å². The van der Waals surface area contributed by atoms with E-state index in [9.17, 15) is 14.5 Å².